The van der Waals surface area contributed by atoms with Crippen molar-refractivity contribution >= 4 is 23.0 Å². The molecule has 1 aromatic heterocycles. The first-order valence-electron chi connectivity index (χ1n) is 9.88. The monoisotopic (exact) mass is 412 g/mol. The van der Waals surface area contributed by atoms with Gasteiger partial charge in [0.2, 0.25) is 0 Å². The van der Waals surface area contributed by atoms with E-state index in [0.717, 1.165) is 28.2 Å². The van der Waals surface area contributed by atoms with Crippen molar-refractivity contribution in [2.24, 2.45) is 0 Å². The zero-order valence-electron chi connectivity index (χ0n) is 17.1. The number of hydrogen-bond acceptors (Lipinski definition) is 2. The van der Waals surface area contributed by atoms with Crippen LogP contribution in [0.5, 0.6) is 0 Å². The lowest BCUT2D eigenvalue weighted by Gasteiger charge is -2.21. The second-order valence-electron chi connectivity index (χ2n) is 7.30. The maximum Gasteiger partial charge on any atom is 0.173 e. The highest BCUT2D eigenvalue weighted by Gasteiger charge is 2.15. The molecule has 4 nitrogen and oxygen atoms in total. The SMILES string of the molecule is Cc1ccc(NC(=S)N(C)Cc2cn(-c3ccccc3)nc2-c2ccccc2)cc1. The minimum atomic E-state index is 0.648. The third-order valence-electron chi connectivity index (χ3n) is 4.92. The summed E-state index contributed by atoms with van der Waals surface area (Å²) in [5.74, 6) is 0. The molecule has 0 saturated carbocycles. The summed E-state index contributed by atoms with van der Waals surface area (Å²) in [5, 5.41) is 8.87. The van der Waals surface area contributed by atoms with Crippen molar-refractivity contribution in [3.05, 3.63) is 102 Å². The molecule has 0 aliphatic carbocycles. The van der Waals surface area contributed by atoms with E-state index in [4.69, 9.17) is 17.3 Å². The van der Waals surface area contributed by atoms with Gasteiger partial charge in [-0.25, -0.2) is 4.68 Å². The topological polar surface area (TPSA) is 33.1 Å². The maximum atomic E-state index is 5.64. The third-order valence-corrected chi connectivity index (χ3v) is 5.33. The Morgan fingerprint density at radius 2 is 1.57 bits per heavy atom. The predicted molar refractivity (Wildman–Crippen MR) is 128 cm³/mol. The summed E-state index contributed by atoms with van der Waals surface area (Å²) < 4.78 is 1.93. The molecule has 0 saturated heterocycles. The summed E-state index contributed by atoms with van der Waals surface area (Å²) in [5.41, 5.74) is 6.41. The van der Waals surface area contributed by atoms with Crippen LogP contribution < -0.4 is 5.32 Å². The van der Waals surface area contributed by atoms with E-state index in [9.17, 15) is 0 Å². The van der Waals surface area contributed by atoms with Gasteiger partial charge in [-0.05, 0) is 43.4 Å². The van der Waals surface area contributed by atoms with E-state index in [1.807, 2.05) is 65.2 Å². The van der Waals surface area contributed by atoms with Crippen molar-refractivity contribution < 1.29 is 0 Å². The Hall–Kier alpha value is -3.44. The standard InChI is InChI=1S/C25H24N4S/c1-19-13-15-22(16-14-19)26-25(30)28(2)17-21-18-29(23-11-7-4-8-12-23)27-24(21)20-9-5-3-6-10-20/h3-16,18H,17H2,1-2H3,(H,26,30). The molecule has 0 aliphatic heterocycles. The fraction of sp³-hybridized carbons (Fsp3) is 0.120. The first-order valence-corrected chi connectivity index (χ1v) is 10.3. The quantitative estimate of drug-likeness (QED) is 0.428. The van der Waals surface area contributed by atoms with Gasteiger partial charge < -0.3 is 10.2 Å². The molecule has 1 heterocycles. The molecule has 1 N–H and O–H groups in total. The molecule has 0 radical (unpaired) electrons. The van der Waals surface area contributed by atoms with Crippen LogP contribution in [-0.2, 0) is 6.54 Å². The van der Waals surface area contributed by atoms with E-state index in [1.54, 1.807) is 0 Å². The number of thiocarbonyl (C=S) groups is 1. The van der Waals surface area contributed by atoms with Crippen molar-refractivity contribution in [1.82, 2.24) is 14.7 Å². The van der Waals surface area contributed by atoms with E-state index in [2.05, 4.69) is 54.8 Å². The molecule has 0 amide bonds. The number of anilines is 1. The van der Waals surface area contributed by atoms with Gasteiger partial charge in [0.05, 0.1) is 11.4 Å². The Morgan fingerprint density at radius 1 is 0.933 bits per heavy atom. The minimum Gasteiger partial charge on any atom is -0.348 e. The number of nitrogens with zero attached hydrogens (tertiary/aromatic N) is 3. The van der Waals surface area contributed by atoms with E-state index in [-0.39, 0.29) is 0 Å². The highest BCUT2D eigenvalue weighted by molar-refractivity contribution is 7.80. The molecule has 5 heteroatoms. The van der Waals surface area contributed by atoms with Crippen molar-refractivity contribution in [2.75, 3.05) is 12.4 Å². The highest BCUT2D eigenvalue weighted by Crippen LogP contribution is 2.25. The van der Waals surface area contributed by atoms with Gasteiger partial charge in [0, 0.05) is 36.6 Å². The summed E-state index contributed by atoms with van der Waals surface area (Å²) in [6.07, 6.45) is 2.09. The Morgan fingerprint density at radius 3 is 2.23 bits per heavy atom. The smallest absolute Gasteiger partial charge is 0.173 e. The van der Waals surface area contributed by atoms with Crippen LogP contribution in [0.4, 0.5) is 5.69 Å². The molecule has 150 valence electrons. The molecule has 0 aliphatic rings. The maximum absolute atomic E-state index is 5.64. The van der Waals surface area contributed by atoms with E-state index < -0.39 is 0 Å². The Balaban J connectivity index is 1.59. The van der Waals surface area contributed by atoms with Crippen LogP contribution in [0.15, 0.2) is 91.1 Å². The molecule has 4 rings (SSSR count). The number of aryl methyl sites for hydroxylation is 1. The van der Waals surface area contributed by atoms with Gasteiger partial charge in [-0.2, -0.15) is 5.10 Å². The molecule has 0 unspecified atom stereocenters. The number of rotatable bonds is 5. The van der Waals surface area contributed by atoms with Crippen LogP contribution in [-0.4, -0.2) is 26.8 Å². The summed E-state index contributed by atoms with van der Waals surface area (Å²) in [6, 6.07) is 28.6. The highest BCUT2D eigenvalue weighted by atomic mass is 32.1. The van der Waals surface area contributed by atoms with Gasteiger partial charge in [-0.3, -0.25) is 0 Å². The lowest BCUT2D eigenvalue weighted by atomic mass is 10.1. The Kier molecular flexibility index (Phi) is 5.91. The van der Waals surface area contributed by atoms with Gasteiger partial charge >= 0.3 is 0 Å². The van der Waals surface area contributed by atoms with E-state index >= 15 is 0 Å². The van der Waals surface area contributed by atoms with Gasteiger partial charge in [0.15, 0.2) is 5.11 Å². The zero-order chi connectivity index (χ0) is 20.9. The van der Waals surface area contributed by atoms with Crippen molar-refractivity contribution in [3.63, 3.8) is 0 Å². The van der Waals surface area contributed by atoms with Crippen molar-refractivity contribution in [1.29, 1.82) is 0 Å². The van der Waals surface area contributed by atoms with Gasteiger partial charge in [-0.15, -0.1) is 0 Å². The zero-order valence-corrected chi connectivity index (χ0v) is 17.9. The average Bonchev–Trinajstić information content (AvgIpc) is 3.20. The second kappa shape index (κ2) is 8.93. The molecular weight excluding hydrogens is 388 g/mol. The third kappa shape index (κ3) is 4.58. The van der Waals surface area contributed by atoms with Crippen LogP contribution in [0, 0.1) is 6.92 Å². The second-order valence-corrected chi connectivity index (χ2v) is 7.69. The number of para-hydroxylation sites is 1. The largest absolute Gasteiger partial charge is 0.348 e. The van der Waals surface area contributed by atoms with Crippen LogP contribution >= 0.6 is 12.2 Å². The molecule has 30 heavy (non-hydrogen) atoms. The average molecular weight is 413 g/mol. The molecule has 4 aromatic rings. The fourth-order valence-corrected chi connectivity index (χ4v) is 3.44. The molecule has 3 aromatic carbocycles. The molecular formula is C25H24N4S. The first-order chi connectivity index (χ1) is 14.6. The molecule has 0 fully saturated rings. The number of benzene rings is 3. The van der Waals surface area contributed by atoms with Crippen molar-refractivity contribution in [2.45, 2.75) is 13.5 Å². The summed E-state index contributed by atoms with van der Waals surface area (Å²) in [6.45, 7) is 2.72. The van der Waals surface area contributed by atoms with Crippen LogP contribution in [0.3, 0.4) is 0 Å². The molecule has 0 atom stereocenters. The van der Waals surface area contributed by atoms with E-state index in [0.29, 0.717) is 11.7 Å². The lowest BCUT2D eigenvalue weighted by Crippen LogP contribution is -2.30. The molecule has 0 spiro atoms. The fourth-order valence-electron chi connectivity index (χ4n) is 3.26. The van der Waals surface area contributed by atoms with Crippen LogP contribution in [0.1, 0.15) is 11.1 Å². The van der Waals surface area contributed by atoms with Crippen LogP contribution in [0.25, 0.3) is 16.9 Å². The van der Waals surface area contributed by atoms with Crippen molar-refractivity contribution in [3.8, 4) is 16.9 Å². The summed E-state index contributed by atoms with van der Waals surface area (Å²) in [4.78, 5) is 2.04. The summed E-state index contributed by atoms with van der Waals surface area (Å²) >= 11 is 5.64. The minimum absolute atomic E-state index is 0.648. The molecule has 0 bridgehead atoms. The van der Waals surface area contributed by atoms with Gasteiger partial charge in [0.25, 0.3) is 0 Å². The first kappa shape index (κ1) is 19.9. The normalized spacial score (nSPS) is 10.6. The lowest BCUT2D eigenvalue weighted by molar-refractivity contribution is 0.509. The predicted octanol–water partition coefficient (Wildman–Crippen LogP) is 5.68. The number of hydrogen-bond donors (Lipinski definition) is 1. The Bertz CT molecular complexity index is 1120. The number of aromatic nitrogens is 2. The Labute approximate surface area is 182 Å². The summed E-state index contributed by atoms with van der Waals surface area (Å²) in [7, 11) is 2.00. The van der Waals surface area contributed by atoms with Crippen LogP contribution in [0.2, 0.25) is 0 Å². The van der Waals surface area contributed by atoms with Gasteiger partial charge in [0.1, 0.15) is 0 Å². The number of nitrogens with one attached hydrogen (secondary N) is 1. The van der Waals surface area contributed by atoms with Gasteiger partial charge in [-0.1, -0.05) is 66.2 Å². The van der Waals surface area contributed by atoms with E-state index in [1.165, 1.54) is 5.56 Å².